The van der Waals surface area contributed by atoms with Crippen LogP contribution >= 0.6 is 0 Å². The molecule has 1 aromatic rings. The van der Waals surface area contributed by atoms with E-state index in [4.69, 9.17) is 0 Å². The molecule has 0 saturated carbocycles. The van der Waals surface area contributed by atoms with Crippen molar-refractivity contribution in [3.05, 3.63) is 35.4 Å². The van der Waals surface area contributed by atoms with E-state index in [0.29, 0.717) is 12.1 Å². The van der Waals surface area contributed by atoms with Gasteiger partial charge in [-0.2, -0.15) is 0 Å². The minimum Gasteiger partial charge on any atom is -0.313 e. The lowest BCUT2D eigenvalue weighted by Crippen LogP contribution is -2.15. The van der Waals surface area contributed by atoms with Gasteiger partial charge in [-0.15, -0.1) is 0 Å². The van der Waals surface area contributed by atoms with E-state index in [2.05, 4.69) is 12.2 Å². The molecule has 84 valence electrons. The van der Waals surface area contributed by atoms with Gasteiger partial charge in [-0.1, -0.05) is 19.8 Å². The van der Waals surface area contributed by atoms with Crippen molar-refractivity contribution < 1.29 is 8.78 Å². The zero-order valence-corrected chi connectivity index (χ0v) is 9.02. The van der Waals surface area contributed by atoms with Crippen molar-refractivity contribution in [2.45, 2.75) is 32.7 Å². The molecule has 1 aromatic carbocycles. The molecule has 1 N–H and O–H groups in total. The molecule has 15 heavy (non-hydrogen) atoms. The Morgan fingerprint density at radius 3 is 2.73 bits per heavy atom. The molecule has 0 aliphatic carbocycles. The van der Waals surface area contributed by atoms with Gasteiger partial charge in [0, 0.05) is 12.1 Å². The van der Waals surface area contributed by atoms with Crippen LogP contribution in [0.25, 0.3) is 0 Å². The minimum atomic E-state index is -0.387. The first-order chi connectivity index (χ1) is 7.24. The summed E-state index contributed by atoms with van der Waals surface area (Å²) in [5, 5.41) is 3.10. The highest BCUT2D eigenvalue weighted by Gasteiger charge is 2.02. The largest absolute Gasteiger partial charge is 0.313 e. The topological polar surface area (TPSA) is 12.0 Å². The Morgan fingerprint density at radius 2 is 2.00 bits per heavy atom. The molecule has 0 saturated heterocycles. The van der Waals surface area contributed by atoms with Crippen LogP contribution < -0.4 is 5.32 Å². The average Bonchev–Trinajstić information content (AvgIpc) is 2.23. The molecule has 3 heteroatoms. The molecule has 0 atom stereocenters. The molecule has 0 radical (unpaired) electrons. The third kappa shape index (κ3) is 4.38. The number of hydrogen-bond donors (Lipinski definition) is 1. The van der Waals surface area contributed by atoms with Gasteiger partial charge in [-0.3, -0.25) is 0 Å². The van der Waals surface area contributed by atoms with Crippen LogP contribution in [0.2, 0.25) is 0 Å². The lowest BCUT2D eigenvalue weighted by atomic mass is 10.2. The van der Waals surface area contributed by atoms with Crippen molar-refractivity contribution in [3.63, 3.8) is 0 Å². The van der Waals surface area contributed by atoms with E-state index < -0.39 is 0 Å². The number of unbranched alkanes of at least 4 members (excludes halogenated alkanes) is 2. The summed E-state index contributed by atoms with van der Waals surface area (Å²) in [5.41, 5.74) is 0.395. The normalized spacial score (nSPS) is 10.6. The SMILES string of the molecule is CCCCCNCc1cc(F)ccc1F. The first kappa shape index (κ1) is 12.1. The van der Waals surface area contributed by atoms with E-state index in [1.807, 2.05) is 0 Å². The minimum absolute atomic E-state index is 0.348. The molecule has 0 heterocycles. The summed E-state index contributed by atoms with van der Waals surface area (Å²) in [4.78, 5) is 0. The van der Waals surface area contributed by atoms with Crippen molar-refractivity contribution in [1.82, 2.24) is 5.32 Å². The van der Waals surface area contributed by atoms with Gasteiger partial charge in [-0.05, 0) is 31.2 Å². The van der Waals surface area contributed by atoms with Gasteiger partial charge in [-0.25, -0.2) is 8.78 Å². The monoisotopic (exact) mass is 213 g/mol. The third-order valence-corrected chi connectivity index (χ3v) is 2.28. The van der Waals surface area contributed by atoms with Crippen LogP contribution in [0, 0.1) is 11.6 Å². The molecule has 0 amide bonds. The van der Waals surface area contributed by atoms with Gasteiger partial charge >= 0.3 is 0 Å². The van der Waals surface area contributed by atoms with Crippen molar-refractivity contribution in [2.24, 2.45) is 0 Å². The van der Waals surface area contributed by atoms with Crippen LogP contribution in [-0.2, 0) is 6.54 Å². The predicted octanol–water partition coefficient (Wildman–Crippen LogP) is 3.24. The van der Waals surface area contributed by atoms with Crippen molar-refractivity contribution in [1.29, 1.82) is 0 Å². The van der Waals surface area contributed by atoms with E-state index in [9.17, 15) is 8.78 Å². The van der Waals surface area contributed by atoms with Gasteiger partial charge in [0.25, 0.3) is 0 Å². The van der Waals surface area contributed by atoms with Crippen molar-refractivity contribution >= 4 is 0 Å². The molecule has 0 spiro atoms. The Kier molecular flexibility index (Phi) is 5.26. The number of nitrogens with one attached hydrogen (secondary N) is 1. The summed E-state index contributed by atoms with van der Waals surface area (Å²) >= 11 is 0. The highest BCUT2D eigenvalue weighted by molar-refractivity contribution is 5.18. The molecule has 1 nitrogen and oxygen atoms in total. The number of halogens is 2. The molecular formula is C12H17F2N. The maximum absolute atomic E-state index is 13.1. The lowest BCUT2D eigenvalue weighted by molar-refractivity contribution is 0.559. The Labute approximate surface area is 89.5 Å². The van der Waals surface area contributed by atoms with Gasteiger partial charge in [0.1, 0.15) is 11.6 Å². The van der Waals surface area contributed by atoms with Crippen LogP contribution in [0.1, 0.15) is 31.7 Å². The van der Waals surface area contributed by atoms with E-state index in [-0.39, 0.29) is 11.6 Å². The number of rotatable bonds is 6. The van der Waals surface area contributed by atoms with Crippen LogP contribution in [0.4, 0.5) is 8.78 Å². The van der Waals surface area contributed by atoms with Gasteiger partial charge in [0.2, 0.25) is 0 Å². The van der Waals surface area contributed by atoms with E-state index in [1.165, 1.54) is 18.6 Å². The number of hydrogen-bond acceptors (Lipinski definition) is 1. The molecule has 0 aliphatic heterocycles. The molecule has 0 aromatic heterocycles. The maximum Gasteiger partial charge on any atom is 0.127 e. The number of benzene rings is 1. The third-order valence-electron chi connectivity index (χ3n) is 2.28. The highest BCUT2D eigenvalue weighted by Crippen LogP contribution is 2.09. The van der Waals surface area contributed by atoms with Crippen molar-refractivity contribution in [2.75, 3.05) is 6.54 Å². The Bertz CT molecular complexity index is 300. The molecule has 1 rings (SSSR count). The summed E-state index contributed by atoms with van der Waals surface area (Å²) in [7, 11) is 0. The Balaban J connectivity index is 2.33. The summed E-state index contributed by atoms with van der Waals surface area (Å²) in [6.45, 7) is 3.38. The van der Waals surface area contributed by atoms with Gasteiger partial charge in [0.15, 0.2) is 0 Å². The summed E-state index contributed by atoms with van der Waals surface area (Å²) in [6, 6.07) is 3.54. The molecular weight excluding hydrogens is 196 g/mol. The second-order valence-corrected chi connectivity index (χ2v) is 3.62. The zero-order chi connectivity index (χ0) is 11.1. The van der Waals surface area contributed by atoms with Gasteiger partial charge < -0.3 is 5.32 Å². The second-order valence-electron chi connectivity index (χ2n) is 3.62. The maximum atomic E-state index is 13.1. The van der Waals surface area contributed by atoms with Gasteiger partial charge in [0.05, 0.1) is 0 Å². The zero-order valence-electron chi connectivity index (χ0n) is 9.02. The molecule has 0 aliphatic rings. The fraction of sp³-hybridized carbons (Fsp3) is 0.500. The fourth-order valence-corrected chi connectivity index (χ4v) is 1.40. The van der Waals surface area contributed by atoms with E-state index >= 15 is 0 Å². The quantitative estimate of drug-likeness (QED) is 0.715. The van der Waals surface area contributed by atoms with Crippen LogP contribution in [0.3, 0.4) is 0 Å². The molecule has 0 unspecified atom stereocenters. The van der Waals surface area contributed by atoms with E-state index in [1.54, 1.807) is 0 Å². The first-order valence-electron chi connectivity index (χ1n) is 5.38. The van der Waals surface area contributed by atoms with Crippen LogP contribution in [0.5, 0.6) is 0 Å². The first-order valence-corrected chi connectivity index (χ1v) is 5.38. The predicted molar refractivity (Wildman–Crippen MR) is 57.6 cm³/mol. The van der Waals surface area contributed by atoms with Crippen LogP contribution in [0.15, 0.2) is 18.2 Å². The molecule has 0 bridgehead atoms. The molecule has 0 fully saturated rings. The highest BCUT2D eigenvalue weighted by atomic mass is 19.1. The second kappa shape index (κ2) is 6.51. The standard InChI is InChI=1S/C12H17F2N/c1-2-3-4-7-15-9-10-8-11(13)5-6-12(10)14/h5-6,8,15H,2-4,7,9H2,1H3. The smallest absolute Gasteiger partial charge is 0.127 e. The summed E-state index contributed by atoms with van der Waals surface area (Å²) < 4.78 is 25.9. The van der Waals surface area contributed by atoms with Crippen molar-refractivity contribution in [3.8, 4) is 0 Å². The van der Waals surface area contributed by atoms with Crippen LogP contribution in [-0.4, -0.2) is 6.54 Å². The average molecular weight is 213 g/mol. The fourth-order valence-electron chi connectivity index (χ4n) is 1.40. The lowest BCUT2D eigenvalue weighted by Gasteiger charge is -2.05. The van der Waals surface area contributed by atoms with E-state index in [0.717, 1.165) is 25.5 Å². The Hall–Kier alpha value is -0.960. The summed E-state index contributed by atoms with van der Waals surface area (Å²) in [5.74, 6) is -0.735. The summed E-state index contributed by atoms with van der Waals surface area (Å²) in [6.07, 6.45) is 3.40. The Morgan fingerprint density at radius 1 is 1.20 bits per heavy atom.